The van der Waals surface area contributed by atoms with Crippen molar-refractivity contribution in [2.45, 2.75) is 56.7 Å². The van der Waals surface area contributed by atoms with Crippen LogP contribution in [0.1, 0.15) is 47.7 Å². The lowest BCUT2D eigenvalue weighted by Gasteiger charge is -2.18. The van der Waals surface area contributed by atoms with E-state index in [9.17, 15) is 10.1 Å². The Morgan fingerprint density at radius 1 is 1.27 bits per heavy atom. The van der Waals surface area contributed by atoms with Gasteiger partial charge in [-0.15, -0.1) is 0 Å². The molecule has 0 bridgehead atoms. The average Bonchev–Trinajstić information content (AvgIpc) is 2.64. The van der Waals surface area contributed by atoms with Crippen LogP contribution < -0.4 is 5.32 Å². The Morgan fingerprint density at radius 3 is 2.81 bits per heavy atom. The highest BCUT2D eigenvalue weighted by atomic mass is 32.2. The highest BCUT2D eigenvalue weighted by Gasteiger charge is 2.21. The number of benzene rings is 1. The minimum atomic E-state index is -0.337. The summed E-state index contributed by atoms with van der Waals surface area (Å²) < 4.78 is 0. The zero-order valence-electron chi connectivity index (χ0n) is 15.4. The van der Waals surface area contributed by atoms with Crippen LogP contribution in [0.25, 0.3) is 0 Å². The van der Waals surface area contributed by atoms with Gasteiger partial charge < -0.3 is 5.32 Å². The normalized spacial score (nSPS) is 14.2. The molecule has 1 aliphatic carbocycles. The largest absolute Gasteiger partial charge is 0.325 e. The molecule has 1 unspecified atom stereocenters. The number of nitrogens with one attached hydrogen (secondary N) is 1. The molecule has 0 radical (unpaired) electrons. The second-order valence-electron chi connectivity index (χ2n) is 6.83. The van der Waals surface area contributed by atoms with Gasteiger partial charge in [0.15, 0.2) is 0 Å². The van der Waals surface area contributed by atoms with Crippen LogP contribution in [-0.2, 0) is 17.6 Å². The summed E-state index contributed by atoms with van der Waals surface area (Å²) in [5.74, 6) is -0.0767. The highest BCUT2D eigenvalue weighted by molar-refractivity contribution is 8.00. The first-order chi connectivity index (χ1) is 12.5. The van der Waals surface area contributed by atoms with Crippen LogP contribution in [0.15, 0.2) is 29.3 Å². The number of nitrogens with zero attached hydrogens (tertiary/aromatic N) is 2. The number of aromatic nitrogens is 1. The summed E-state index contributed by atoms with van der Waals surface area (Å²) in [4.78, 5) is 17.3. The van der Waals surface area contributed by atoms with Gasteiger partial charge in [0.25, 0.3) is 0 Å². The summed E-state index contributed by atoms with van der Waals surface area (Å²) in [6.07, 6.45) is 4.24. The Kier molecular flexibility index (Phi) is 5.63. The molecule has 0 spiro atoms. The number of hydrogen-bond acceptors (Lipinski definition) is 4. The maximum atomic E-state index is 12.6. The van der Waals surface area contributed by atoms with Gasteiger partial charge in [0, 0.05) is 11.4 Å². The zero-order valence-corrected chi connectivity index (χ0v) is 16.2. The van der Waals surface area contributed by atoms with E-state index >= 15 is 0 Å². The van der Waals surface area contributed by atoms with Gasteiger partial charge in [-0.25, -0.2) is 4.98 Å². The maximum Gasteiger partial charge on any atom is 0.237 e. The monoisotopic (exact) mass is 365 g/mol. The number of rotatable bonds is 4. The summed E-state index contributed by atoms with van der Waals surface area (Å²) in [6, 6.07) is 10.2. The number of thioether (sulfide) groups is 1. The van der Waals surface area contributed by atoms with Crippen molar-refractivity contribution >= 4 is 23.4 Å². The number of carbonyl (C=O) groups is 1. The van der Waals surface area contributed by atoms with Gasteiger partial charge in [-0.3, -0.25) is 4.79 Å². The molecular formula is C21H23N3OS. The quantitative estimate of drug-likeness (QED) is 0.806. The second kappa shape index (κ2) is 7.92. The molecule has 26 heavy (non-hydrogen) atoms. The molecule has 1 amide bonds. The summed E-state index contributed by atoms with van der Waals surface area (Å²) >= 11 is 1.36. The Labute approximate surface area is 159 Å². The summed E-state index contributed by atoms with van der Waals surface area (Å²) in [7, 11) is 0. The van der Waals surface area contributed by atoms with Crippen LogP contribution in [0.5, 0.6) is 0 Å². The van der Waals surface area contributed by atoms with E-state index < -0.39 is 0 Å². The lowest BCUT2D eigenvalue weighted by molar-refractivity contribution is -0.115. The van der Waals surface area contributed by atoms with Crippen LogP contribution in [0, 0.1) is 25.2 Å². The predicted octanol–water partition coefficient (Wildman–Crippen LogP) is 4.57. The molecule has 1 aliphatic rings. The van der Waals surface area contributed by atoms with Crippen molar-refractivity contribution in [3.05, 3.63) is 52.2 Å². The first kappa shape index (κ1) is 18.5. The number of nitriles is 1. The Morgan fingerprint density at radius 2 is 2.04 bits per heavy atom. The van der Waals surface area contributed by atoms with Crippen molar-refractivity contribution < 1.29 is 4.79 Å². The molecule has 5 heteroatoms. The number of amides is 1. The number of pyridine rings is 1. The molecule has 0 saturated carbocycles. The van der Waals surface area contributed by atoms with Gasteiger partial charge >= 0.3 is 0 Å². The molecule has 0 fully saturated rings. The second-order valence-corrected chi connectivity index (χ2v) is 8.16. The van der Waals surface area contributed by atoms with Crippen molar-refractivity contribution in [2.75, 3.05) is 5.32 Å². The third-order valence-corrected chi connectivity index (χ3v) is 5.80. The number of anilines is 1. The molecule has 1 aromatic heterocycles. The van der Waals surface area contributed by atoms with Crippen LogP contribution in [-0.4, -0.2) is 16.1 Å². The molecular weight excluding hydrogens is 342 g/mol. The van der Waals surface area contributed by atoms with Crippen LogP contribution >= 0.6 is 11.8 Å². The number of aryl methyl sites for hydroxylation is 4. The topological polar surface area (TPSA) is 65.8 Å². The first-order valence-electron chi connectivity index (χ1n) is 8.95. The fourth-order valence-corrected chi connectivity index (χ4v) is 4.01. The lowest BCUT2D eigenvalue weighted by Crippen LogP contribution is -2.23. The van der Waals surface area contributed by atoms with E-state index in [-0.39, 0.29) is 11.2 Å². The zero-order chi connectivity index (χ0) is 18.7. The van der Waals surface area contributed by atoms with Crippen molar-refractivity contribution in [1.82, 2.24) is 4.98 Å². The third-order valence-electron chi connectivity index (χ3n) is 4.69. The van der Waals surface area contributed by atoms with Crippen molar-refractivity contribution in [1.29, 1.82) is 5.26 Å². The van der Waals surface area contributed by atoms with Crippen LogP contribution in [0.3, 0.4) is 0 Å². The SMILES string of the molecule is Cc1ccc(C)c(NC(=O)C(C)Sc2nc3c(cc2C#N)CCCC3)c1. The molecule has 2 aromatic rings. The molecule has 0 saturated heterocycles. The van der Waals surface area contributed by atoms with Crippen molar-refractivity contribution in [2.24, 2.45) is 0 Å². The summed E-state index contributed by atoms with van der Waals surface area (Å²) in [6.45, 7) is 5.84. The first-order valence-corrected chi connectivity index (χ1v) is 9.83. The van der Waals surface area contributed by atoms with Gasteiger partial charge in [-0.1, -0.05) is 23.9 Å². The Hall–Kier alpha value is -2.32. The van der Waals surface area contributed by atoms with E-state index in [2.05, 4.69) is 11.4 Å². The van der Waals surface area contributed by atoms with Crippen molar-refractivity contribution in [3.63, 3.8) is 0 Å². The number of fused-ring (bicyclic) bond motifs is 1. The minimum absolute atomic E-state index is 0.0767. The Balaban J connectivity index is 1.77. The van der Waals surface area contributed by atoms with E-state index in [1.165, 1.54) is 17.3 Å². The standard InChI is InChI=1S/C21H23N3OS/c1-13-8-9-14(2)19(10-13)23-20(25)15(3)26-21-17(12-22)11-16-6-4-5-7-18(16)24-21/h8-11,15H,4-7H2,1-3H3,(H,23,25). The maximum absolute atomic E-state index is 12.6. The van der Waals surface area contributed by atoms with Gasteiger partial charge in [-0.2, -0.15) is 5.26 Å². The smallest absolute Gasteiger partial charge is 0.237 e. The van der Waals surface area contributed by atoms with Gasteiger partial charge in [0.1, 0.15) is 11.1 Å². The molecule has 0 aliphatic heterocycles. The van der Waals surface area contributed by atoms with Gasteiger partial charge in [0.2, 0.25) is 5.91 Å². The van der Waals surface area contributed by atoms with E-state index in [4.69, 9.17) is 4.98 Å². The van der Waals surface area contributed by atoms with Gasteiger partial charge in [-0.05, 0) is 75.3 Å². The fraction of sp³-hybridized carbons (Fsp3) is 0.381. The summed E-state index contributed by atoms with van der Waals surface area (Å²) in [5.41, 5.74) is 5.81. The van der Waals surface area contributed by atoms with E-state index in [1.54, 1.807) is 0 Å². The molecule has 134 valence electrons. The van der Waals surface area contributed by atoms with Crippen LogP contribution in [0.4, 0.5) is 5.69 Å². The van der Waals surface area contributed by atoms with E-state index in [0.29, 0.717) is 10.6 Å². The average molecular weight is 366 g/mol. The third kappa shape index (κ3) is 4.08. The number of carbonyl (C=O) groups excluding carboxylic acids is 1. The highest BCUT2D eigenvalue weighted by Crippen LogP contribution is 2.30. The predicted molar refractivity (Wildman–Crippen MR) is 105 cm³/mol. The van der Waals surface area contributed by atoms with E-state index in [0.717, 1.165) is 48.2 Å². The Bertz CT molecular complexity index is 886. The number of hydrogen-bond donors (Lipinski definition) is 1. The summed E-state index contributed by atoms with van der Waals surface area (Å²) in [5, 5.41) is 12.8. The van der Waals surface area contributed by atoms with E-state index in [1.807, 2.05) is 45.0 Å². The molecule has 1 aromatic carbocycles. The molecule has 4 nitrogen and oxygen atoms in total. The minimum Gasteiger partial charge on any atom is -0.325 e. The molecule has 1 N–H and O–H groups in total. The van der Waals surface area contributed by atoms with Gasteiger partial charge in [0.05, 0.1) is 10.8 Å². The lowest BCUT2D eigenvalue weighted by atomic mass is 9.95. The molecule has 1 heterocycles. The van der Waals surface area contributed by atoms with Crippen molar-refractivity contribution in [3.8, 4) is 6.07 Å². The fourth-order valence-electron chi connectivity index (χ4n) is 3.11. The van der Waals surface area contributed by atoms with Crippen LogP contribution in [0.2, 0.25) is 0 Å². The molecule has 3 rings (SSSR count). The molecule has 1 atom stereocenters.